The van der Waals surface area contributed by atoms with Crippen molar-refractivity contribution in [3.05, 3.63) is 15.1 Å². The number of nitrogen functional groups attached to an aromatic ring is 1. The van der Waals surface area contributed by atoms with Crippen LogP contribution in [0.3, 0.4) is 0 Å². The first-order valence-corrected chi connectivity index (χ1v) is 7.01. The highest BCUT2D eigenvalue weighted by atomic mass is 127. The minimum Gasteiger partial charge on any atom is -0.383 e. The van der Waals surface area contributed by atoms with E-state index in [1.807, 2.05) is 6.92 Å². The van der Waals surface area contributed by atoms with Gasteiger partial charge in [-0.15, -0.1) is 0 Å². The average molecular weight is 365 g/mol. The van der Waals surface area contributed by atoms with Gasteiger partial charge < -0.3 is 15.2 Å². The third-order valence-corrected chi connectivity index (χ3v) is 3.63. The molecule has 0 aliphatic rings. The maximum absolute atomic E-state index is 5.92. The van der Waals surface area contributed by atoms with Gasteiger partial charge in [-0.2, -0.15) is 0 Å². The molecule has 0 saturated carbocycles. The normalized spacial score (nSPS) is 13.0. The quantitative estimate of drug-likeness (QED) is 0.785. The molecule has 0 aliphatic carbocycles. The Labute approximate surface area is 122 Å². The SMILES string of the molecule is CCOC(c1nc(N)c(I)c(COC)n1)C(C)C. The van der Waals surface area contributed by atoms with Crippen molar-refractivity contribution in [1.29, 1.82) is 0 Å². The Morgan fingerprint density at radius 3 is 2.50 bits per heavy atom. The van der Waals surface area contributed by atoms with E-state index in [0.717, 1.165) is 9.26 Å². The third kappa shape index (κ3) is 3.76. The molecule has 1 heterocycles. The lowest BCUT2D eigenvalue weighted by Crippen LogP contribution is -2.17. The van der Waals surface area contributed by atoms with E-state index in [1.54, 1.807) is 7.11 Å². The number of hydrogen-bond acceptors (Lipinski definition) is 5. The number of ether oxygens (including phenoxy) is 2. The Bertz CT molecular complexity index is 399. The molecule has 2 N–H and O–H groups in total. The molecular weight excluding hydrogens is 345 g/mol. The van der Waals surface area contributed by atoms with Gasteiger partial charge in [0.05, 0.1) is 15.9 Å². The first-order chi connectivity index (χ1) is 8.51. The Kier molecular flexibility index (Phi) is 6.24. The van der Waals surface area contributed by atoms with Gasteiger partial charge in [0.1, 0.15) is 11.9 Å². The predicted octanol–water partition coefficient (Wildman–Crippen LogP) is 2.54. The van der Waals surface area contributed by atoms with Gasteiger partial charge in [0.15, 0.2) is 5.82 Å². The van der Waals surface area contributed by atoms with Crippen molar-refractivity contribution >= 4 is 28.4 Å². The molecule has 0 spiro atoms. The topological polar surface area (TPSA) is 70.3 Å². The molecule has 5 nitrogen and oxygen atoms in total. The van der Waals surface area contributed by atoms with E-state index in [4.69, 9.17) is 15.2 Å². The molecule has 18 heavy (non-hydrogen) atoms. The average Bonchev–Trinajstić information content (AvgIpc) is 2.31. The molecule has 0 bridgehead atoms. The summed E-state index contributed by atoms with van der Waals surface area (Å²) in [5.41, 5.74) is 6.73. The minimum absolute atomic E-state index is 0.134. The van der Waals surface area contributed by atoms with Crippen LogP contribution in [-0.2, 0) is 16.1 Å². The standard InChI is InChI=1S/C12H20IN3O2/c1-5-18-10(7(2)3)12-15-8(6-17-4)9(13)11(14)16-12/h7,10H,5-6H2,1-4H3,(H2,14,15,16). The summed E-state index contributed by atoms with van der Waals surface area (Å²) in [6.07, 6.45) is -0.134. The summed E-state index contributed by atoms with van der Waals surface area (Å²) in [6, 6.07) is 0. The molecule has 1 rings (SSSR count). The fraction of sp³-hybridized carbons (Fsp3) is 0.667. The van der Waals surface area contributed by atoms with E-state index in [0.29, 0.717) is 30.8 Å². The summed E-state index contributed by atoms with van der Waals surface area (Å²) in [4.78, 5) is 8.85. The van der Waals surface area contributed by atoms with Crippen LogP contribution in [0, 0.1) is 9.49 Å². The van der Waals surface area contributed by atoms with Crippen LogP contribution in [0.2, 0.25) is 0 Å². The zero-order chi connectivity index (χ0) is 13.7. The first-order valence-electron chi connectivity index (χ1n) is 5.93. The van der Waals surface area contributed by atoms with Crippen LogP contribution in [0.15, 0.2) is 0 Å². The number of nitrogens with two attached hydrogens (primary N) is 1. The van der Waals surface area contributed by atoms with Crippen molar-refractivity contribution in [3.8, 4) is 0 Å². The number of methoxy groups -OCH3 is 1. The van der Waals surface area contributed by atoms with E-state index in [1.165, 1.54) is 0 Å². The summed E-state index contributed by atoms with van der Waals surface area (Å²) in [5, 5.41) is 0. The van der Waals surface area contributed by atoms with Gasteiger partial charge in [-0.1, -0.05) is 13.8 Å². The molecule has 0 radical (unpaired) electrons. The van der Waals surface area contributed by atoms with Gasteiger partial charge in [0, 0.05) is 13.7 Å². The summed E-state index contributed by atoms with van der Waals surface area (Å²) in [7, 11) is 1.64. The summed E-state index contributed by atoms with van der Waals surface area (Å²) in [6.45, 7) is 7.16. The van der Waals surface area contributed by atoms with Gasteiger partial charge in [0.25, 0.3) is 0 Å². The molecule has 102 valence electrons. The van der Waals surface area contributed by atoms with Crippen LogP contribution >= 0.6 is 22.6 Å². The van der Waals surface area contributed by atoms with Crippen molar-refractivity contribution in [2.75, 3.05) is 19.5 Å². The number of rotatable bonds is 6. The van der Waals surface area contributed by atoms with Gasteiger partial charge in [-0.25, -0.2) is 9.97 Å². The fourth-order valence-corrected chi connectivity index (χ4v) is 2.03. The summed E-state index contributed by atoms with van der Waals surface area (Å²) < 4.78 is 11.7. The number of halogens is 1. The van der Waals surface area contributed by atoms with E-state index < -0.39 is 0 Å². The molecule has 1 atom stereocenters. The second kappa shape index (κ2) is 7.20. The van der Waals surface area contributed by atoms with Crippen molar-refractivity contribution in [2.24, 2.45) is 5.92 Å². The maximum atomic E-state index is 5.92. The highest BCUT2D eigenvalue weighted by molar-refractivity contribution is 14.1. The molecule has 0 saturated heterocycles. The predicted molar refractivity (Wildman–Crippen MR) is 79.1 cm³/mol. The van der Waals surface area contributed by atoms with E-state index in [2.05, 4.69) is 46.4 Å². The molecule has 0 aliphatic heterocycles. The van der Waals surface area contributed by atoms with Gasteiger partial charge in [-0.05, 0) is 35.4 Å². The number of aromatic nitrogens is 2. The smallest absolute Gasteiger partial charge is 0.160 e. The Morgan fingerprint density at radius 2 is 2.00 bits per heavy atom. The van der Waals surface area contributed by atoms with E-state index in [9.17, 15) is 0 Å². The van der Waals surface area contributed by atoms with Crippen LogP contribution in [0.1, 0.15) is 38.4 Å². The number of hydrogen-bond donors (Lipinski definition) is 1. The number of nitrogens with zero attached hydrogens (tertiary/aromatic N) is 2. The van der Waals surface area contributed by atoms with Crippen LogP contribution in [0.25, 0.3) is 0 Å². The summed E-state index contributed by atoms with van der Waals surface area (Å²) >= 11 is 2.14. The molecule has 0 fully saturated rings. The fourth-order valence-electron chi connectivity index (χ4n) is 1.64. The molecule has 6 heteroatoms. The zero-order valence-electron chi connectivity index (χ0n) is 11.2. The van der Waals surface area contributed by atoms with Crippen molar-refractivity contribution < 1.29 is 9.47 Å². The largest absolute Gasteiger partial charge is 0.383 e. The van der Waals surface area contributed by atoms with Gasteiger partial charge >= 0.3 is 0 Å². The van der Waals surface area contributed by atoms with Crippen molar-refractivity contribution in [1.82, 2.24) is 9.97 Å². The molecular formula is C12H20IN3O2. The lowest BCUT2D eigenvalue weighted by atomic mass is 10.1. The van der Waals surface area contributed by atoms with Crippen molar-refractivity contribution in [2.45, 2.75) is 33.5 Å². The maximum Gasteiger partial charge on any atom is 0.160 e. The van der Waals surface area contributed by atoms with Gasteiger partial charge in [0.2, 0.25) is 0 Å². The second-order valence-corrected chi connectivity index (χ2v) is 5.36. The highest BCUT2D eigenvalue weighted by Crippen LogP contribution is 2.26. The van der Waals surface area contributed by atoms with Crippen LogP contribution in [0.5, 0.6) is 0 Å². The minimum atomic E-state index is -0.134. The molecule has 0 amide bonds. The van der Waals surface area contributed by atoms with Crippen LogP contribution in [0.4, 0.5) is 5.82 Å². The van der Waals surface area contributed by atoms with Crippen LogP contribution in [-0.4, -0.2) is 23.7 Å². The second-order valence-electron chi connectivity index (χ2n) is 4.28. The van der Waals surface area contributed by atoms with E-state index >= 15 is 0 Å². The number of anilines is 1. The molecule has 1 unspecified atom stereocenters. The van der Waals surface area contributed by atoms with Gasteiger partial charge in [-0.3, -0.25) is 0 Å². The Morgan fingerprint density at radius 1 is 1.33 bits per heavy atom. The highest BCUT2D eigenvalue weighted by Gasteiger charge is 2.21. The Balaban J connectivity index is 3.14. The zero-order valence-corrected chi connectivity index (χ0v) is 13.4. The van der Waals surface area contributed by atoms with Crippen molar-refractivity contribution in [3.63, 3.8) is 0 Å². The Hall–Kier alpha value is -0.470. The lowest BCUT2D eigenvalue weighted by Gasteiger charge is -2.20. The van der Waals surface area contributed by atoms with Crippen LogP contribution < -0.4 is 5.73 Å². The monoisotopic (exact) mass is 365 g/mol. The molecule has 0 aromatic carbocycles. The lowest BCUT2D eigenvalue weighted by molar-refractivity contribution is 0.0228. The molecule has 1 aromatic heterocycles. The molecule has 1 aromatic rings. The van der Waals surface area contributed by atoms with E-state index in [-0.39, 0.29) is 6.10 Å². The third-order valence-electron chi connectivity index (χ3n) is 2.45. The first kappa shape index (κ1) is 15.6. The summed E-state index contributed by atoms with van der Waals surface area (Å²) in [5.74, 6) is 1.41.